The second-order valence-corrected chi connectivity index (χ2v) is 7.87. The molecule has 1 aromatic heterocycles. The van der Waals surface area contributed by atoms with Gasteiger partial charge >= 0.3 is 0 Å². The Balaban J connectivity index is 1.52. The highest BCUT2D eigenvalue weighted by Gasteiger charge is 2.25. The minimum Gasteiger partial charge on any atom is -0.326 e. The van der Waals surface area contributed by atoms with Crippen molar-refractivity contribution in [1.82, 2.24) is 9.88 Å². The van der Waals surface area contributed by atoms with Gasteiger partial charge in [-0.2, -0.15) is 0 Å². The van der Waals surface area contributed by atoms with Gasteiger partial charge in [-0.1, -0.05) is 6.07 Å². The average Bonchev–Trinajstić information content (AvgIpc) is 2.99. The third kappa shape index (κ3) is 4.87. The molecule has 5 nitrogen and oxygen atoms in total. The second-order valence-electron chi connectivity index (χ2n) is 6.81. The van der Waals surface area contributed by atoms with E-state index in [-0.39, 0.29) is 11.8 Å². The van der Waals surface area contributed by atoms with Crippen molar-refractivity contribution >= 4 is 22.9 Å². The molecule has 0 spiro atoms. The van der Waals surface area contributed by atoms with Crippen molar-refractivity contribution in [2.75, 3.05) is 18.4 Å². The number of nitrogens with two attached hydrogens (primary N) is 1. The van der Waals surface area contributed by atoms with E-state index in [0.29, 0.717) is 6.54 Å². The number of amides is 1. The van der Waals surface area contributed by atoms with Crippen LogP contribution in [0.2, 0.25) is 0 Å². The van der Waals surface area contributed by atoms with Gasteiger partial charge in [0.25, 0.3) is 0 Å². The van der Waals surface area contributed by atoms with Crippen LogP contribution in [0.25, 0.3) is 0 Å². The fraction of sp³-hybridized carbons (Fsp3) is 0.474. The number of hydrogen-bond acceptors (Lipinski definition) is 5. The Kier molecular flexibility index (Phi) is 5.83. The fourth-order valence-corrected chi connectivity index (χ4v) is 3.96. The first-order valence-corrected chi connectivity index (χ1v) is 9.66. The van der Waals surface area contributed by atoms with Gasteiger partial charge in [-0.05, 0) is 63.0 Å². The maximum Gasteiger partial charge on any atom is 0.227 e. The number of piperidine rings is 1. The molecule has 1 aliphatic rings. The monoisotopic (exact) mass is 358 g/mol. The van der Waals surface area contributed by atoms with E-state index in [0.717, 1.165) is 60.0 Å². The second kappa shape index (κ2) is 8.08. The van der Waals surface area contributed by atoms with Crippen LogP contribution in [0.4, 0.5) is 5.69 Å². The molecule has 2 aromatic rings. The molecule has 2 heterocycles. The molecule has 1 fully saturated rings. The van der Waals surface area contributed by atoms with Crippen LogP contribution in [0, 0.1) is 19.8 Å². The van der Waals surface area contributed by atoms with Gasteiger partial charge in [0.1, 0.15) is 0 Å². The molecule has 6 heteroatoms. The highest BCUT2D eigenvalue weighted by Crippen LogP contribution is 2.22. The maximum atomic E-state index is 12.6. The smallest absolute Gasteiger partial charge is 0.227 e. The van der Waals surface area contributed by atoms with E-state index in [4.69, 9.17) is 5.73 Å². The molecule has 0 bridgehead atoms. The van der Waals surface area contributed by atoms with E-state index in [1.807, 2.05) is 32.0 Å². The summed E-state index contributed by atoms with van der Waals surface area (Å²) in [5.74, 6) is 0.202. The summed E-state index contributed by atoms with van der Waals surface area (Å²) in [7, 11) is 0. The summed E-state index contributed by atoms with van der Waals surface area (Å²) in [6, 6.07) is 6.01. The number of rotatable bonds is 5. The summed E-state index contributed by atoms with van der Waals surface area (Å²) in [5, 5.41) is 6.31. The van der Waals surface area contributed by atoms with E-state index >= 15 is 0 Å². The van der Waals surface area contributed by atoms with Gasteiger partial charge in [0, 0.05) is 30.1 Å². The summed E-state index contributed by atoms with van der Waals surface area (Å²) in [5.41, 5.74) is 9.87. The number of carbonyl (C=O) groups excluding carboxylic acids is 1. The first-order valence-electron chi connectivity index (χ1n) is 8.78. The number of anilines is 1. The van der Waals surface area contributed by atoms with Gasteiger partial charge in [0.15, 0.2) is 0 Å². The van der Waals surface area contributed by atoms with Crippen molar-refractivity contribution in [2.45, 2.75) is 39.8 Å². The van der Waals surface area contributed by atoms with Crippen molar-refractivity contribution < 1.29 is 4.79 Å². The van der Waals surface area contributed by atoms with Crippen LogP contribution >= 0.6 is 11.3 Å². The van der Waals surface area contributed by atoms with Crippen LogP contribution in [-0.4, -0.2) is 28.9 Å². The molecule has 3 N–H and O–H groups in total. The molecule has 0 radical (unpaired) electrons. The van der Waals surface area contributed by atoms with E-state index in [2.05, 4.69) is 20.6 Å². The molecule has 0 saturated carbocycles. The number of aryl methyl sites for hydroxylation is 2. The van der Waals surface area contributed by atoms with Crippen LogP contribution in [0.5, 0.6) is 0 Å². The highest BCUT2D eigenvalue weighted by molar-refractivity contribution is 7.09. The Morgan fingerprint density at radius 1 is 1.32 bits per heavy atom. The van der Waals surface area contributed by atoms with Gasteiger partial charge in [-0.25, -0.2) is 4.98 Å². The van der Waals surface area contributed by atoms with Gasteiger partial charge < -0.3 is 11.1 Å². The Hall–Kier alpha value is -1.76. The van der Waals surface area contributed by atoms with Crippen LogP contribution in [0.1, 0.15) is 34.7 Å². The minimum atomic E-state index is 0.0789. The fourth-order valence-electron chi connectivity index (χ4n) is 3.36. The lowest BCUT2D eigenvalue weighted by Crippen LogP contribution is -2.37. The van der Waals surface area contributed by atoms with Gasteiger partial charge in [0.2, 0.25) is 5.91 Å². The SMILES string of the molecule is Cc1cc(CN)cc(NC(=O)C2CCN(Cc3csc(C)n3)CC2)c1. The van der Waals surface area contributed by atoms with Crippen LogP contribution in [-0.2, 0) is 17.9 Å². The lowest BCUT2D eigenvalue weighted by molar-refractivity contribution is -0.121. The Labute approximate surface area is 153 Å². The molecular weight excluding hydrogens is 332 g/mol. The number of thiazole rings is 1. The molecule has 134 valence electrons. The topological polar surface area (TPSA) is 71.2 Å². The van der Waals surface area contributed by atoms with Crippen molar-refractivity contribution in [3.8, 4) is 0 Å². The van der Waals surface area contributed by atoms with Gasteiger partial charge in [-0.3, -0.25) is 9.69 Å². The molecule has 1 saturated heterocycles. The van der Waals surface area contributed by atoms with Crippen molar-refractivity contribution in [2.24, 2.45) is 11.7 Å². The predicted molar refractivity (Wildman–Crippen MR) is 103 cm³/mol. The Morgan fingerprint density at radius 3 is 2.72 bits per heavy atom. The van der Waals surface area contributed by atoms with Crippen LogP contribution in [0.15, 0.2) is 23.6 Å². The summed E-state index contributed by atoms with van der Waals surface area (Å²) in [4.78, 5) is 19.5. The number of likely N-dealkylation sites (tertiary alicyclic amines) is 1. The molecule has 0 unspecified atom stereocenters. The standard InChI is InChI=1S/C19H26N4OS/c1-13-7-15(10-20)9-17(8-13)22-19(24)16-3-5-23(6-4-16)11-18-12-25-14(2)21-18/h7-9,12,16H,3-6,10-11,20H2,1-2H3,(H,22,24). The lowest BCUT2D eigenvalue weighted by atomic mass is 9.95. The summed E-state index contributed by atoms with van der Waals surface area (Å²) < 4.78 is 0. The Bertz CT molecular complexity index is 735. The third-order valence-corrected chi connectivity index (χ3v) is 5.47. The zero-order valence-corrected chi connectivity index (χ0v) is 15.7. The molecular formula is C19H26N4OS. The van der Waals surface area contributed by atoms with E-state index in [1.165, 1.54) is 0 Å². The minimum absolute atomic E-state index is 0.0789. The maximum absolute atomic E-state index is 12.6. The lowest BCUT2D eigenvalue weighted by Gasteiger charge is -2.30. The van der Waals surface area contributed by atoms with Crippen molar-refractivity contribution in [1.29, 1.82) is 0 Å². The summed E-state index contributed by atoms with van der Waals surface area (Å²) >= 11 is 1.69. The number of benzene rings is 1. The van der Waals surface area contributed by atoms with E-state index < -0.39 is 0 Å². The first kappa shape index (κ1) is 18.0. The number of nitrogens with one attached hydrogen (secondary N) is 1. The molecule has 1 aliphatic heterocycles. The largest absolute Gasteiger partial charge is 0.326 e. The number of nitrogens with zero attached hydrogens (tertiary/aromatic N) is 2. The van der Waals surface area contributed by atoms with Gasteiger partial charge in [-0.15, -0.1) is 11.3 Å². The molecule has 0 aliphatic carbocycles. The average molecular weight is 359 g/mol. The van der Waals surface area contributed by atoms with Crippen LogP contribution < -0.4 is 11.1 Å². The molecule has 0 atom stereocenters. The number of carbonyl (C=O) groups is 1. The summed E-state index contributed by atoms with van der Waals surface area (Å²) in [6.45, 7) is 7.31. The van der Waals surface area contributed by atoms with Crippen molar-refractivity contribution in [3.63, 3.8) is 0 Å². The van der Waals surface area contributed by atoms with E-state index in [1.54, 1.807) is 11.3 Å². The van der Waals surface area contributed by atoms with Crippen LogP contribution in [0.3, 0.4) is 0 Å². The predicted octanol–water partition coefficient (Wildman–Crippen LogP) is 3.07. The Morgan fingerprint density at radius 2 is 2.08 bits per heavy atom. The first-order chi connectivity index (χ1) is 12.0. The van der Waals surface area contributed by atoms with Gasteiger partial charge in [0.05, 0.1) is 10.7 Å². The zero-order chi connectivity index (χ0) is 17.8. The number of aromatic nitrogens is 1. The van der Waals surface area contributed by atoms with E-state index in [9.17, 15) is 4.79 Å². The quantitative estimate of drug-likeness (QED) is 0.862. The third-order valence-electron chi connectivity index (χ3n) is 4.65. The van der Waals surface area contributed by atoms with Crippen molar-refractivity contribution in [3.05, 3.63) is 45.4 Å². The highest BCUT2D eigenvalue weighted by atomic mass is 32.1. The number of hydrogen-bond donors (Lipinski definition) is 2. The molecule has 1 amide bonds. The summed E-state index contributed by atoms with van der Waals surface area (Å²) in [6.07, 6.45) is 1.79. The molecule has 1 aromatic carbocycles. The molecule has 3 rings (SSSR count). The molecule has 25 heavy (non-hydrogen) atoms. The zero-order valence-electron chi connectivity index (χ0n) is 14.9. The normalized spacial score (nSPS) is 16.1.